The number of hydrogen-bond donors (Lipinski definition) is 0. The Bertz CT molecular complexity index is 696. The molecule has 1 unspecified atom stereocenters. The fourth-order valence-electron chi connectivity index (χ4n) is 2.45. The summed E-state index contributed by atoms with van der Waals surface area (Å²) in [6.07, 6.45) is 1.77. The number of carbonyl (C=O) groups is 1. The molecule has 1 fully saturated rings. The molecule has 2 aromatic carbocycles. The van der Waals surface area contributed by atoms with E-state index in [1.54, 1.807) is 18.2 Å². The molecule has 1 aliphatic heterocycles. The molecule has 1 saturated heterocycles. The van der Waals surface area contributed by atoms with Gasteiger partial charge in [-0.15, -0.1) is 0 Å². The fraction of sp³-hybridized carbons (Fsp3) is 0.235. The van der Waals surface area contributed by atoms with Gasteiger partial charge in [-0.3, -0.25) is 4.79 Å². The van der Waals surface area contributed by atoms with Gasteiger partial charge in [0.1, 0.15) is 11.9 Å². The molecule has 0 radical (unpaired) electrons. The van der Waals surface area contributed by atoms with Crippen LogP contribution in [0, 0.1) is 0 Å². The van der Waals surface area contributed by atoms with E-state index in [1.165, 1.54) is 0 Å². The van der Waals surface area contributed by atoms with E-state index < -0.39 is 0 Å². The number of rotatable bonds is 4. The molecule has 0 amide bonds. The van der Waals surface area contributed by atoms with Crippen LogP contribution in [0.2, 0.25) is 5.02 Å². The van der Waals surface area contributed by atoms with Gasteiger partial charge in [0, 0.05) is 27.0 Å². The maximum atomic E-state index is 11.3. The highest BCUT2D eigenvalue weighted by Crippen LogP contribution is 2.35. The predicted molar refractivity (Wildman–Crippen MR) is 89.8 cm³/mol. The predicted octanol–water partition coefficient (Wildman–Crippen LogP) is 4.75. The minimum atomic E-state index is 0.0629. The Hall–Kier alpha value is -1.36. The van der Waals surface area contributed by atoms with Gasteiger partial charge in [-0.1, -0.05) is 27.5 Å². The van der Waals surface area contributed by atoms with Gasteiger partial charge in [-0.2, -0.15) is 0 Å². The van der Waals surface area contributed by atoms with Crippen LogP contribution >= 0.6 is 27.5 Å². The van der Waals surface area contributed by atoms with Crippen molar-refractivity contribution < 1.29 is 14.3 Å². The summed E-state index contributed by atoms with van der Waals surface area (Å²) < 4.78 is 12.1. The van der Waals surface area contributed by atoms with Gasteiger partial charge >= 0.3 is 0 Å². The van der Waals surface area contributed by atoms with E-state index in [4.69, 9.17) is 21.1 Å². The Kier molecular flexibility index (Phi) is 4.81. The number of aldehydes is 1. The van der Waals surface area contributed by atoms with Crippen molar-refractivity contribution in [1.29, 1.82) is 0 Å². The van der Waals surface area contributed by atoms with E-state index in [9.17, 15) is 4.79 Å². The van der Waals surface area contributed by atoms with Gasteiger partial charge in [-0.25, -0.2) is 0 Å². The summed E-state index contributed by atoms with van der Waals surface area (Å²) in [7, 11) is 0. The minimum absolute atomic E-state index is 0.0629. The lowest BCUT2D eigenvalue weighted by molar-refractivity contribution is 0.112. The number of ether oxygens (including phenoxy) is 2. The van der Waals surface area contributed by atoms with Crippen LogP contribution in [0.25, 0.3) is 11.1 Å². The number of hydrogen-bond acceptors (Lipinski definition) is 3. The Morgan fingerprint density at radius 1 is 1.23 bits per heavy atom. The topological polar surface area (TPSA) is 35.5 Å². The largest absolute Gasteiger partial charge is 0.488 e. The molecule has 0 N–H and O–H groups in total. The maximum Gasteiger partial charge on any atom is 0.150 e. The van der Waals surface area contributed by atoms with Crippen molar-refractivity contribution in [3.05, 3.63) is 51.5 Å². The zero-order valence-corrected chi connectivity index (χ0v) is 14.1. The lowest BCUT2D eigenvalue weighted by Gasteiger charge is -2.15. The van der Waals surface area contributed by atoms with Crippen molar-refractivity contribution in [3.63, 3.8) is 0 Å². The van der Waals surface area contributed by atoms with Gasteiger partial charge in [0.05, 0.1) is 13.2 Å². The van der Waals surface area contributed by atoms with Crippen LogP contribution in [0.5, 0.6) is 5.75 Å². The highest BCUT2D eigenvalue weighted by Gasteiger charge is 2.18. The monoisotopic (exact) mass is 380 g/mol. The van der Waals surface area contributed by atoms with Crippen molar-refractivity contribution in [1.82, 2.24) is 0 Å². The van der Waals surface area contributed by atoms with E-state index in [2.05, 4.69) is 15.9 Å². The third-order valence-electron chi connectivity index (χ3n) is 3.56. The lowest BCUT2D eigenvalue weighted by atomic mass is 10.00. The molecular weight excluding hydrogens is 368 g/mol. The van der Waals surface area contributed by atoms with Crippen LogP contribution in [0.1, 0.15) is 16.8 Å². The van der Waals surface area contributed by atoms with Crippen LogP contribution < -0.4 is 4.74 Å². The summed E-state index contributed by atoms with van der Waals surface area (Å²) >= 11 is 9.72. The standard InChI is InChI=1S/C17H14BrClO3/c18-12-2-4-17(19)16(7-12)15-8-13(3-1-11(15)9-20)22-14-5-6-21-10-14/h1-4,7-9,14H,5-6,10H2. The molecule has 1 atom stereocenters. The van der Waals surface area contributed by atoms with Crippen molar-refractivity contribution in [2.75, 3.05) is 13.2 Å². The molecule has 0 spiro atoms. The molecule has 1 aliphatic rings. The van der Waals surface area contributed by atoms with E-state index in [1.807, 2.05) is 18.2 Å². The third kappa shape index (κ3) is 3.35. The average molecular weight is 382 g/mol. The van der Waals surface area contributed by atoms with Gasteiger partial charge in [-0.05, 0) is 42.0 Å². The van der Waals surface area contributed by atoms with Crippen LogP contribution in [0.3, 0.4) is 0 Å². The minimum Gasteiger partial charge on any atom is -0.488 e. The molecule has 114 valence electrons. The Morgan fingerprint density at radius 3 is 2.82 bits per heavy atom. The van der Waals surface area contributed by atoms with Crippen LogP contribution in [-0.2, 0) is 4.74 Å². The second kappa shape index (κ2) is 6.82. The van der Waals surface area contributed by atoms with E-state index in [0.29, 0.717) is 22.9 Å². The lowest BCUT2D eigenvalue weighted by Crippen LogP contribution is -2.15. The molecule has 22 heavy (non-hydrogen) atoms. The van der Waals surface area contributed by atoms with Crippen molar-refractivity contribution >= 4 is 33.8 Å². The number of halogens is 2. The molecule has 5 heteroatoms. The summed E-state index contributed by atoms with van der Waals surface area (Å²) in [5.74, 6) is 0.715. The molecular formula is C17H14BrClO3. The molecule has 0 saturated carbocycles. The molecule has 0 aliphatic carbocycles. The van der Waals surface area contributed by atoms with Gasteiger partial charge < -0.3 is 9.47 Å². The summed E-state index contributed by atoms with van der Waals surface area (Å²) in [6.45, 7) is 1.32. The van der Waals surface area contributed by atoms with Crippen molar-refractivity contribution in [2.45, 2.75) is 12.5 Å². The molecule has 3 nitrogen and oxygen atoms in total. The highest BCUT2D eigenvalue weighted by atomic mass is 79.9. The number of carbonyl (C=O) groups excluding carboxylic acids is 1. The van der Waals surface area contributed by atoms with Gasteiger partial charge in [0.15, 0.2) is 6.29 Å². The normalized spacial score (nSPS) is 17.5. The SMILES string of the molecule is O=Cc1ccc(OC2CCOC2)cc1-c1cc(Br)ccc1Cl. The van der Waals surface area contributed by atoms with Gasteiger partial charge in [0.25, 0.3) is 0 Å². The number of benzene rings is 2. The van der Waals surface area contributed by atoms with Crippen LogP contribution in [-0.4, -0.2) is 25.6 Å². The van der Waals surface area contributed by atoms with Crippen molar-refractivity contribution in [2.24, 2.45) is 0 Å². The first-order valence-electron chi connectivity index (χ1n) is 6.96. The maximum absolute atomic E-state index is 11.3. The first-order chi connectivity index (χ1) is 10.7. The summed E-state index contributed by atoms with van der Waals surface area (Å²) in [6, 6.07) is 11.0. The summed E-state index contributed by atoms with van der Waals surface area (Å²) in [4.78, 5) is 11.3. The summed E-state index contributed by atoms with van der Waals surface area (Å²) in [5.41, 5.74) is 2.14. The second-order valence-electron chi connectivity index (χ2n) is 5.09. The average Bonchev–Trinajstić information content (AvgIpc) is 3.02. The fourth-order valence-corrected chi connectivity index (χ4v) is 3.03. The first kappa shape index (κ1) is 15.5. The molecule has 0 bridgehead atoms. The van der Waals surface area contributed by atoms with Gasteiger partial charge in [0.2, 0.25) is 0 Å². The first-order valence-corrected chi connectivity index (χ1v) is 8.13. The Labute approximate surface area is 142 Å². The van der Waals surface area contributed by atoms with E-state index in [0.717, 1.165) is 34.9 Å². The van der Waals surface area contributed by atoms with Crippen LogP contribution in [0.4, 0.5) is 0 Å². The molecule has 0 aromatic heterocycles. The highest BCUT2D eigenvalue weighted by molar-refractivity contribution is 9.10. The van der Waals surface area contributed by atoms with Crippen LogP contribution in [0.15, 0.2) is 40.9 Å². The molecule has 1 heterocycles. The second-order valence-corrected chi connectivity index (χ2v) is 6.42. The zero-order valence-electron chi connectivity index (χ0n) is 11.7. The molecule has 2 aromatic rings. The van der Waals surface area contributed by atoms with Crippen molar-refractivity contribution in [3.8, 4) is 16.9 Å². The smallest absolute Gasteiger partial charge is 0.150 e. The quantitative estimate of drug-likeness (QED) is 0.717. The zero-order chi connectivity index (χ0) is 15.5. The van der Waals surface area contributed by atoms with E-state index >= 15 is 0 Å². The Balaban J connectivity index is 2.00. The summed E-state index contributed by atoms with van der Waals surface area (Å²) in [5, 5.41) is 0.590. The third-order valence-corrected chi connectivity index (χ3v) is 4.38. The van der Waals surface area contributed by atoms with E-state index in [-0.39, 0.29) is 6.10 Å². The Morgan fingerprint density at radius 2 is 2.09 bits per heavy atom. The molecule has 3 rings (SSSR count).